The third-order valence-electron chi connectivity index (χ3n) is 4.93. The van der Waals surface area contributed by atoms with Gasteiger partial charge in [-0.3, -0.25) is 9.59 Å². The molecule has 0 saturated heterocycles. The Kier molecular flexibility index (Phi) is 8.34. The molecule has 8 nitrogen and oxygen atoms in total. The van der Waals surface area contributed by atoms with Crippen molar-refractivity contribution in [3.8, 4) is 17.2 Å². The Morgan fingerprint density at radius 2 is 1.76 bits per heavy atom. The van der Waals surface area contributed by atoms with Crippen molar-refractivity contribution >= 4 is 17.9 Å². The molecule has 1 heterocycles. The molecule has 2 aromatic carbocycles. The van der Waals surface area contributed by atoms with Crippen molar-refractivity contribution in [2.75, 3.05) is 20.8 Å². The largest absolute Gasteiger partial charge is 0.493 e. The fraction of sp³-hybridized carbons (Fsp3) is 0.231. The molecule has 3 aromatic rings. The highest BCUT2D eigenvalue weighted by atomic mass is 16.5. The van der Waals surface area contributed by atoms with Crippen LogP contribution in [-0.2, 0) is 4.79 Å². The number of carbonyl (C=O) groups is 2. The number of rotatable bonds is 10. The second-order valence-corrected chi connectivity index (χ2v) is 7.55. The van der Waals surface area contributed by atoms with Gasteiger partial charge in [-0.05, 0) is 55.8 Å². The number of benzene rings is 2. The summed E-state index contributed by atoms with van der Waals surface area (Å²) < 4.78 is 21.6. The summed E-state index contributed by atoms with van der Waals surface area (Å²) in [4.78, 5) is 25.9. The zero-order valence-electron chi connectivity index (χ0n) is 19.6. The van der Waals surface area contributed by atoms with E-state index in [-0.39, 0.29) is 18.3 Å². The van der Waals surface area contributed by atoms with Crippen molar-refractivity contribution in [2.24, 2.45) is 0 Å². The molecule has 178 valence electrons. The summed E-state index contributed by atoms with van der Waals surface area (Å²) in [5, 5.41) is 5.51. The van der Waals surface area contributed by atoms with Gasteiger partial charge in [0.2, 0.25) is 0 Å². The van der Waals surface area contributed by atoms with Crippen LogP contribution in [0.2, 0.25) is 0 Å². The fourth-order valence-electron chi connectivity index (χ4n) is 3.12. The van der Waals surface area contributed by atoms with Gasteiger partial charge in [0.1, 0.15) is 23.8 Å². The monoisotopic (exact) mass is 464 g/mol. The van der Waals surface area contributed by atoms with E-state index in [1.54, 1.807) is 24.3 Å². The number of nitrogens with one attached hydrogen (secondary N) is 2. The van der Waals surface area contributed by atoms with Gasteiger partial charge in [-0.1, -0.05) is 18.2 Å². The molecule has 0 bridgehead atoms. The van der Waals surface area contributed by atoms with Gasteiger partial charge in [-0.2, -0.15) is 0 Å². The third kappa shape index (κ3) is 6.41. The minimum Gasteiger partial charge on any atom is -0.493 e. The minimum absolute atomic E-state index is 0.0254. The van der Waals surface area contributed by atoms with Crippen LogP contribution in [0.25, 0.3) is 6.08 Å². The van der Waals surface area contributed by atoms with Gasteiger partial charge in [-0.15, -0.1) is 0 Å². The van der Waals surface area contributed by atoms with Crippen LogP contribution in [0.5, 0.6) is 17.2 Å². The van der Waals surface area contributed by atoms with Gasteiger partial charge >= 0.3 is 0 Å². The Bertz CT molecular complexity index is 1150. The number of ether oxygens (including phenoxy) is 3. The van der Waals surface area contributed by atoms with E-state index in [0.717, 1.165) is 11.3 Å². The number of aryl methyl sites for hydroxylation is 1. The molecule has 8 heteroatoms. The third-order valence-corrected chi connectivity index (χ3v) is 4.93. The lowest BCUT2D eigenvalue weighted by atomic mass is 10.1. The van der Waals surface area contributed by atoms with Crippen LogP contribution in [0.15, 0.2) is 71.0 Å². The van der Waals surface area contributed by atoms with Crippen molar-refractivity contribution in [3.05, 3.63) is 83.4 Å². The molecular formula is C26H28N2O6. The lowest BCUT2D eigenvalue weighted by Crippen LogP contribution is -2.41. The molecule has 0 fully saturated rings. The SMILES string of the molecule is COc1ccc(C(=O)N/C(=C\c2ccco2)C(=O)NC(C)COc2ccccc2C)cc1OC. The van der Waals surface area contributed by atoms with E-state index in [1.165, 1.54) is 32.6 Å². The zero-order chi connectivity index (χ0) is 24.5. The minimum atomic E-state index is -0.488. The number of para-hydroxylation sites is 1. The molecule has 2 amide bonds. The lowest BCUT2D eigenvalue weighted by molar-refractivity contribution is -0.118. The summed E-state index contributed by atoms with van der Waals surface area (Å²) in [5.74, 6) is 1.09. The molecule has 0 radical (unpaired) electrons. The maximum atomic E-state index is 13.0. The van der Waals surface area contributed by atoms with Crippen LogP contribution >= 0.6 is 0 Å². The molecule has 0 spiro atoms. The van der Waals surface area contributed by atoms with E-state index in [2.05, 4.69) is 10.6 Å². The predicted molar refractivity (Wildman–Crippen MR) is 128 cm³/mol. The quantitative estimate of drug-likeness (QED) is 0.441. The number of hydrogen-bond donors (Lipinski definition) is 2. The van der Waals surface area contributed by atoms with Crippen molar-refractivity contribution in [1.82, 2.24) is 10.6 Å². The summed E-state index contributed by atoms with van der Waals surface area (Å²) in [6, 6.07) is 15.4. The molecule has 1 unspecified atom stereocenters. The van der Waals surface area contributed by atoms with Gasteiger partial charge in [0.15, 0.2) is 11.5 Å². The van der Waals surface area contributed by atoms with Gasteiger partial charge in [0, 0.05) is 11.6 Å². The maximum Gasteiger partial charge on any atom is 0.268 e. The number of hydrogen-bond acceptors (Lipinski definition) is 6. The predicted octanol–water partition coefficient (Wildman–Crippen LogP) is 3.96. The Morgan fingerprint density at radius 3 is 2.44 bits per heavy atom. The average molecular weight is 465 g/mol. The van der Waals surface area contributed by atoms with E-state index < -0.39 is 11.8 Å². The van der Waals surface area contributed by atoms with Gasteiger partial charge in [-0.25, -0.2) is 0 Å². The van der Waals surface area contributed by atoms with Crippen LogP contribution in [-0.4, -0.2) is 38.7 Å². The highest BCUT2D eigenvalue weighted by molar-refractivity contribution is 6.05. The van der Waals surface area contributed by atoms with Crippen molar-refractivity contribution in [2.45, 2.75) is 19.9 Å². The van der Waals surface area contributed by atoms with Crippen LogP contribution in [0.3, 0.4) is 0 Å². The van der Waals surface area contributed by atoms with E-state index in [9.17, 15) is 9.59 Å². The van der Waals surface area contributed by atoms with E-state index >= 15 is 0 Å². The van der Waals surface area contributed by atoms with Gasteiger partial charge in [0.05, 0.1) is 26.5 Å². The number of carbonyl (C=O) groups excluding carboxylic acids is 2. The first-order valence-electron chi connectivity index (χ1n) is 10.7. The highest BCUT2D eigenvalue weighted by Crippen LogP contribution is 2.27. The lowest BCUT2D eigenvalue weighted by Gasteiger charge is -2.18. The Balaban J connectivity index is 1.72. The highest BCUT2D eigenvalue weighted by Gasteiger charge is 2.19. The van der Waals surface area contributed by atoms with E-state index in [4.69, 9.17) is 18.6 Å². The van der Waals surface area contributed by atoms with Crippen LogP contribution < -0.4 is 24.8 Å². The Morgan fingerprint density at radius 1 is 1.00 bits per heavy atom. The molecule has 0 saturated carbocycles. The molecule has 1 aromatic heterocycles. The normalized spacial score (nSPS) is 11.9. The summed E-state index contributed by atoms with van der Waals surface area (Å²) in [7, 11) is 2.99. The van der Waals surface area contributed by atoms with Crippen molar-refractivity contribution in [1.29, 1.82) is 0 Å². The molecule has 3 rings (SSSR count). The number of amides is 2. The van der Waals surface area contributed by atoms with E-state index in [0.29, 0.717) is 22.8 Å². The second kappa shape index (κ2) is 11.6. The van der Waals surface area contributed by atoms with Crippen LogP contribution in [0.4, 0.5) is 0 Å². The Hall–Kier alpha value is -4.20. The summed E-state index contributed by atoms with van der Waals surface area (Å²) in [6.45, 7) is 4.03. The smallest absolute Gasteiger partial charge is 0.268 e. The second-order valence-electron chi connectivity index (χ2n) is 7.55. The molecule has 0 aliphatic rings. The first-order chi connectivity index (χ1) is 16.4. The fourth-order valence-corrected chi connectivity index (χ4v) is 3.12. The standard InChI is InChI=1S/C26H28N2O6/c1-17-8-5-6-10-22(17)34-16-18(2)27-26(30)21(15-20-9-7-13-33-20)28-25(29)19-11-12-23(31-3)24(14-19)32-4/h5-15,18H,16H2,1-4H3,(H,27,30)(H,28,29)/b21-15-. The Labute approximate surface area is 198 Å². The summed E-state index contributed by atoms with van der Waals surface area (Å²) in [5.41, 5.74) is 1.32. The molecule has 34 heavy (non-hydrogen) atoms. The average Bonchev–Trinajstić information content (AvgIpc) is 3.35. The maximum absolute atomic E-state index is 13.0. The molecule has 0 aliphatic carbocycles. The molecule has 1 atom stereocenters. The number of methoxy groups -OCH3 is 2. The van der Waals surface area contributed by atoms with Crippen molar-refractivity contribution in [3.63, 3.8) is 0 Å². The first-order valence-corrected chi connectivity index (χ1v) is 10.7. The zero-order valence-corrected chi connectivity index (χ0v) is 19.6. The van der Waals surface area contributed by atoms with Crippen LogP contribution in [0, 0.1) is 6.92 Å². The number of furan rings is 1. The van der Waals surface area contributed by atoms with Crippen molar-refractivity contribution < 1.29 is 28.2 Å². The first kappa shape index (κ1) is 24.4. The van der Waals surface area contributed by atoms with Crippen LogP contribution in [0.1, 0.15) is 28.6 Å². The molecule has 0 aliphatic heterocycles. The summed E-state index contributed by atoms with van der Waals surface area (Å²) >= 11 is 0. The molecule has 2 N–H and O–H groups in total. The topological polar surface area (TPSA) is 99.0 Å². The molecular weight excluding hydrogens is 436 g/mol. The van der Waals surface area contributed by atoms with Gasteiger partial charge in [0.25, 0.3) is 11.8 Å². The van der Waals surface area contributed by atoms with Gasteiger partial charge < -0.3 is 29.3 Å². The van der Waals surface area contributed by atoms with E-state index in [1.807, 2.05) is 38.1 Å². The summed E-state index contributed by atoms with van der Waals surface area (Å²) in [6.07, 6.45) is 2.94.